The van der Waals surface area contributed by atoms with E-state index >= 15 is 0 Å². The lowest BCUT2D eigenvalue weighted by Crippen LogP contribution is -2.03. The summed E-state index contributed by atoms with van der Waals surface area (Å²) in [5.41, 5.74) is 0.851. The summed E-state index contributed by atoms with van der Waals surface area (Å²) >= 11 is 11.7. The number of nitrogens with one attached hydrogen (secondary N) is 1. The standard InChI is InChI=1S/C11H13Cl2NO/c1-8(15)3-2-6-14-11-5-4-9(12)7-10(11)13/h4-5,7,14H,2-3,6H2,1H3. The number of Topliss-reactive ketones (excluding diaryl/α,β-unsaturated/α-hetero) is 1. The molecule has 1 rings (SSSR count). The van der Waals surface area contributed by atoms with Gasteiger partial charge >= 0.3 is 0 Å². The van der Waals surface area contributed by atoms with Crippen LogP contribution in [0, 0.1) is 0 Å². The van der Waals surface area contributed by atoms with Crippen LogP contribution in [0.15, 0.2) is 18.2 Å². The van der Waals surface area contributed by atoms with Crippen LogP contribution in [0.3, 0.4) is 0 Å². The van der Waals surface area contributed by atoms with Gasteiger partial charge in [-0.15, -0.1) is 0 Å². The summed E-state index contributed by atoms with van der Waals surface area (Å²) in [6.07, 6.45) is 1.41. The molecule has 0 unspecified atom stereocenters. The van der Waals surface area contributed by atoms with Crippen molar-refractivity contribution in [2.45, 2.75) is 19.8 Å². The molecule has 1 N–H and O–H groups in total. The van der Waals surface area contributed by atoms with Crippen LogP contribution in [0.5, 0.6) is 0 Å². The Morgan fingerprint density at radius 1 is 1.40 bits per heavy atom. The molecule has 0 fully saturated rings. The first-order chi connectivity index (χ1) is 7.09. The molecule has 0 radical (unpaired) electrons. The van der Waals surface area contributed by atoms with Crippen LogP contribution in [-0.4, -0.2) is 12.3 Å². The van der Waals surface area contributed by atoms with Crippen molar-refractivity contribution in [3.8, 4) is 0 Å². The number of hydrogen-bond donors (Lipinski definition) is 1. The molecule has 82 valence electrons. The highest BCUT2D eigenvalue weighted by atomic mass is 35.5. The zero-order valence-electron chi connectivity index (χ0n) is 8.52. The minimum atomic E-state index is 0.207. The highest BCUT2D eigenvalue weighted by molar-refractivity contribution is 6.36. The van der Waals surface area contributed by atoms with Gasteiger partial charge in [-0.1, -0.05) is 23.2 Å². The summed E-state index contributed by atoms with van der Waals surface area (Å²) in [6.45, 7) is 2.33. The number of ketones is 1. The zero-order chi connectivity index (χ0) is 11.3. The van der Waals surface area contributed by atoms with Gasteiger partial charge in [0.2, 0.25) is 0 Å². The molecule has 0 atom stereocenters. The van der Waals surface area contributed by atoms with Gasteiger partial charge in [0, 0.05) is 18.0 Å². The van der Waals surface area contributed by atoms with Crippen molar-refractivity contribution in [1.82, 2.24) is 0 Å². The van der Waals surface area contributed by atoms with Crippen molar-refractivity contribution in [2.24, 2.45) is 0 Å². The first-order valence-electron chi connectivity index (χ1n) is 4.78. The van der Waals surface area contributed by atoms with Crippen molar-refractivity contribution in [3.63, 3.8) is 0 Å². The molecule has 0 saturated heterocycles. The van der Waals surface area contributed by atoms with Gasteiger partial charge in [0.15, 0.2) is 0 Å². The van der Waals surface area contributed by atoms with Crippen molar-refractivity contribution in [1.29, 1.82) is 0 Å². The van der Waals surface area contributed by atoms with Gasteiger partial charge < -0.3 is 10.1 Å². The summed E-state index contributed by atoms with van der Waals surface area (Å²) in [5.74, 6) is 0.207. The van der Waals surface area contributed by atoms with Gasteiger partial charge in [-0.05, 0) is 31.5 Å². The number of carbonyl (C=O) groups is 1. The first kappa shape index (κ1) is 12.3. The van der Waals surface area contributed by atoms with E-state index in [4.69, 9.17) is 23.2 Å². The Balaban J connectivity index is 2.40. The van der Waals surface area contributed by atoms with Gasteiger partial charge in [0.05, 0.1) is 10.7 Å². The SMILES string of the molecule is CC(=O)CCCNc1ccc(Cl)cc1Cl. The summed E-state index contributed by atoms with van der Waals surface area (Å²) in [4.78, 5) is 10.7. The lowest BCUT2D eigenvalue weighted by atomic mass is 10.2. The third-order valence-corrected chi connectivity index (χ3v) is 2.50. The predicted octanol–water partition coefficient (Wildman–Crippen LogP) is 3.77. The normalized spacial score (nSPS) is 10.1. The molecular formula is C11H13Cl2NO. The molecule has 0 heterocycles. The largest absolute Gasteiger partial charge is 0.384 e. The maximum atomic E-state index is 10.7. The van der Waals surface area contributed by atoms with Crippen molar-refractivity contribution in [3.05, 3.63) is 28.2 Å². The van der Waals surface area contributed by atoms with Gasteiger partial charge in [-0.3, -0.25) is 0 Å². The van der Waals surface area contributed by atoms with Crippen LogP contribution in [-0.2, 0) is 4.79 Å². The first-order valence-corrected chi connectivity index (χ1v) is 5.53. The summed E-state index contributed by atoms with van der Waals surface area (Å²) in [7, 11) is 0. The number of benzene rings is 1. The van der Waals surface area contributed by atoms with Gasteiger partial charge in [0.1, 0.15) is 5.78 Å². The maximum Gasteiger partial charge on any atom is 0.129 e. The van der Waals surface area contributed by atoms with E-state index in [0.717, 1.165) is 18.7 Å². The van der Waals surface area contributed by atoms with Crippen LogP contribution in [0.25, 0.3) is 0 Å². The molecule has 15 heavy (non-hydrogen) atoms. The number of carbonyl (C=O) groups excluding carboxylic acids is 1. The molecule has 1 aromatic carbocycles. The Hall–Kier alpha value is -0.730. The molecule has 2 nitrogen and oxygen atoms in total. The third kappa shape index (κ3) is 4.54. The van der Waals surface area contributed by atoms with Gasteiger partial charge in [-0.2, -0.15) is 0 Å². The quantitative estimate of drug-likeness (QED) is 0.801. The van der Waals surface area contributed by atoms with E-state index < -0.39 is 0 Å². The zero-order valence-corrected chi connectivity index (χ0v) is 10.0. The molecule has 0 aromatic heterocycles. The minimum Gasteiger partial charge on any atom is -0.384 e. The second-order valence-corrected chi connectivity index (χ2v) is 4.20. The fraction of sp³-hybridized carbons (Fsp3) is 0.364. The Morgan fingerprint density at radius 3 is 2.73 bits per heavy atom. The Bertz CT molecular complexity index is 352. The Morgan fingerprint density at radius 2 is 2.13 bits per heavy atom. The minimum absolute atomic E-state index is 0.207. The van der Waals surface area contributed by atoms with Crippen LogP contribution in [0.2, 0.25) is 10.0 Å². The van der Waals surface area contributed by atoms with Gasteiger partial charge in [0.25, 0.3) is 0 Å². The molecule has 0 aliphatic carbocycles. The second kappa shape index (κ2) is 5.99. The molecule has 0 aliphatic heterocycles. The molecular weight excluding hydrogens is 233 g/mol. The van der Waals surface area contributed by atoms with Gasteiger partial charge in [-0.25, -0.2) is 0 Å². The number of hydrogen-bond acceptors (Lipinski definition) is 2. The van der Waals surface area contributed by atoms with E-state index in [1.807, 2.05) is 6.07 Å². The highest BCUT2D eigenvalue weighted by Crippen LogP contribution is 2.25. The third-order valence-electron chi connectivity index (χ3n) is 1.95. The van der Waals surface area contributed by atoms with E-state index in [0.29, 0.717) is 16.5 Å². The fourth-order valence-corrected chi connectivity index (χ4v) is 1.67. The van der Waals surface area contributed by atoms with Crippen LogP contribution in [0.1, 0.15) is 19.8 Å². The summed E-state index contributed by atoms with van der Waals surface area (Å²) in [5, 5.41) is 4.37. The van der Waals surface area contributed by atoms with E-state index in [-0.39, 0.29) is 5.78 Å². The average Bonchev–Trinajstić information content (AvgIpc) is 2.14. The molecule has 0 saturated carbocycles. The number of anilines is 1. The Labute approximate surface area is 99.6 Å². The van der Waals surface area contributed by atoms with Crippen molar-refractivity contribution < 1.29 is 4.79 Å². The molecule has 4 heteroatoms. The van der Waals surface area contributed by atoms with Crippen LogP contribution >= 0.6 is 23.2 Å². The number of halogens is 2. The van der Waals surface area contributed by atoms with Crippen molar-refractivity contribution in [2.75, 3.05) is 11.9 Å². The van der Waals surface area contributed by atoms with E-state index in [9.17, 15) is 4.79 Å². The molecule has 0 aliphatic rings. The highest BCUT2D eigenvalue weighted by Gasteiger charge is 2.00. The van der Waals surface area contributed by atoms with Crippen LogP contribution in [0.4, 0.5) is 5.69 Å². The topological polar surface area (TPSA) is 29.1 Å². The number of rotatable bonds is 5. The van der Waals surface area contributed by atoms with Crippen LogP contribution < -0.4 is 5.32 Å². The predicted molar refractivity (Wildman–Crippen MR) is 64.9 cm³/mol. The molecule has 0 amide bonds. The lowest BCUT2D eigenvalue weighted by Gasteiger charge is -2.07. The second-order valence-electron chi connectivity index (χ2n) is 3.36. The fourth-order valence-electron chi connectivity index (χ4n) is 1.19. The smallest absolute Gasteiger partial charge is 0.129 e. The molecule has 1 aromatic rings. The Kier molecular flexibility index (Phi) is 4.92. The average molecular weight is 246 g/mol. The van der Waals surface area contributed by atoms with Crippen molar-refractivity contribution >= 4 is 34.7 Å². The molecule has 0 bridgehead atoms. The summed E-state index contributed by atoms with van der Waals surface area (Å²) in [6, 6.07) is 5.30. The maximum absolute atomic E-state index is 10.7. The monoisotopic (exact) mass is 245 g/mol. The van der Waals surface area contributed by atoms with E-state index in [1.165, 1.54) is 0 Å². The summed E-state index contributed by atoms with van der Waals surface area (Å²) < 4.78 is 0. The lowest BCUT2D eigenvalue weighted by molar-refractivity contribution is -0.117. The van der Waals surface area contributed by atoms with E-state index in [1.54, 1.807) is 19.1 Å². The molecule has 0 spiro atoms. The van der Waals surface area contributed by atoms with E-state index in [2.05, 4.69) is 5.32 Å².